The Morgan fingerprint density at radius 3 is 2.54 bits per heavy atom. The van der Waals surface area contributed by atoms with Gasteiger partial charge in [0.1, 0.15) is 0 Å². The van der Waals surface area contributed by atoms with Crippen LogP contribution in [0.3, 0.4) is 0 Å². The fraction of sp³-hybridized carbons (Fsp3) is 0.176. The second kappa shape index (κ2) is 6.84. The molecule has 0 unspecified atom stereocenters. The van der Waals surface area contributed by atoms with Crippen molar-refractivity contribution in [2.24, 2.45) is 0 Å². The largest absolute Gasteiger partial charge is 0.265 e. The van der Waals surface area contributed by atoms with Crippen LogP contribution in [0.1, 0.15) is 18.2 Å². The highest BCUT2D eigenvalue weighted by atomic mass is 32.2. The van der Waals surface area contributed by atoms with Crippen LogP contribution in [0, 0.1) is 0 Å². The van der Waals surface area contributed by atoms with Crippen molar-refractivity contribution < 1.29 is 8.42 Å². The Labute approximate surface area is 141 Å². The molecule has 0 amide bonds. The van der Waals surface area contributed by atoms with Gasteiger partial charge in [-0.1, -0.05) is 25.1 Å². The Kier molecular flexibility index (Phi) is 4.61. The Balaban J connectivity index is 1.73. The van der Waals surface area contributed by atoms with E-state index in [4.69, 9.17) is 0 Å². The minimum atomic E-state index is -3.64. The maximum absolute atomic E-state index is 12.4. The molecule has 124 valence electrons. The lowest BCUT2D eigenvalue weighted by Crippen LogP contribution is -2.14. The zero-order valence-electron chi connectivity index (χ0n) is 13.3. The number of benzene rings is 1. The average Bonchev–Trinajstić information content (AvgIpc) is 3.02. The van der Waals surface area contributed by atoms with Crippen molar-refractivity contribution in [3.05, 3.63) is 72.2 Å². The van der Waals surface area contributed by atoms with Crippen molar-refractivity contribution in [3.63, 3.8) is 0 Å². The Hall–Kier alpha value is -2.67. The van der Waals surface area contributed by atoms with E-state index < -0.39 is 10.0 Å². The Morgan fingerprint density at radius 2 is 1.88 bits per heavy atom. The van der Waals surface area contributed by atoms with E-state index in [-0.39, 0.29) is 10.7 Å². The van der Waals surface area contributed by atoms with Gasteiger partial charge < -0.3 is 0 Å². The van der Waals surface area contributed by atoms with E-state index in [1.54, 1.807) is 35.3 Å². The molecule has 0 aliphatic carbocycles. The number of rotatable bonds is 6. The first-order valence-corrected chi connectivity index (χ1v) is 9.10. The number of nitrogens with one attached hydrogen (secondary N) is 1. The normalized spacial score (nSPS) is 11.4. The van der Waals surface area contributed by atoms with Crippen LogP contribution in [0.4, 0.5) is 5.82 Å². The smallest absolute Gasteiger partial charge is 0.263 e. The topological polar surface area (TPSA) is 76.9 Å². The van der Waals surface area contributed by atoms with Crippen molar-refractivity contribution >= 4 is 15.8 Å². The molecule has 2 aromatic heterocycles. The van der Waals surface area contributed by atoms with Gasteiger partial charge >= 0.3 is 0 Å². The minimum absolute atomic E-state index is 0.221. The minimum Gasteiger partial charge on any atom is -0.265 e. The number of nitrogens with zero attached hydrogens (tertiary/aromatic N) is 3. The van der Waals surface area contributed by atoms with Gasteiger partial charge in [-0.05, 0) is 36.2 Å². The highest BCUT2D eigenvalue weighted by molar-refractivity contribution is 7.92. The van der Waals surface area contributed by atoms with E-state index in [1.165, 1.54) is 0 Å². The Morgan fingerprint density at radius 1 is 1.08 bits per heavy atom. The summed E-state index contributed by atoms with van der Waals surface area (Å²) < 4.78 is 28.9. The summed E-state index contributed by atoms with van der Waals surface area (Å²) in [5, 5.41) is 4.24. The van der Waals surface area contributed by atoms with E-state index in [0.717, 1.165) is 17.7 Å². The number of aromatic nitrogens is 3. The van der Waals surface area contributed by atoms with Crippen LogP contribution in [-0.4, -0.2) is 23.2 Å². The van der Waals surface area contributed by atoms with Crippen LogP contribution in [0.2, 0.25) is 0 Å². The molecular formula is C17H18N4O2S. The lowest BCUT2D eigenvalue weighted by atomic mass is 10.2. The standard InChI is InChI=1S/C17H18N4O2S/c1-2-14-6-8-16(9-7-14)24(22,23)20-17-10-12-21(19-17)13-15-5-3-4-11-18-15/h3-12H,2,13H2,1H3,(H,19,20). The van der Waals surface area contributed by atoms with Crippen molar-refractivity contribution in [3.8, 4) is 0 Å². The maximum Gasteiger partial charge on any atom is 0.263 e. The van der Waals surface area contributed by atoms with Gasteiger partial charge in [-0.2, -0.15) is 5.10 Å². The van der Waals surface area contributed by atoms with Crippen molar-refractivity contribution in [1.82, 2.24) is 14.8 Å². The van der Waals surface area contributed by atoms with Crippen molar-refractivity contribution in [1.29, 1.82) is 0 Å². The fourth-order valence-electron chi connectivity index (χ4n) is 2.26. The number of sulfonamides is 1. The predicted octanol–water partition coefficient (Wildman–Crippen LogP) is 2.69. The van der Waals surface area contributed by atoms with Gasteiger partial charge in [0.05, 0.1) is 17.1 Å². The second-order valence-corrected chi connectivity index (χ2v) is 7.01. The molecule has 24 heavy (non-hydrogen) atoms. The van der Waals surface area contributed by atoms with Gasteiger partial charge in [-0.3, -0.25) is 14.4 Å². The molecule has 6 nitrogen and oxygen atoms in total. The van der Waals surface area contributed by atoms with Gasteiger partial charge in [-0.25, -0.2) is 8.42 Å². The zero-order valence-corrected chi connectivity index (χ0v) is 14.1. The van der Waals surface area contributed by atoms with Crippen LogP contribution in [-0.2, 0) is 23.0 Å². The first kappa shape index (κ1) is 16.2. The highest BCUT2D eigenvalue weighted by Gasteiger charge is 2.15. The van der Waals surface area contributed by atoms with Gasteiger partial charge in [0, 0.05) is 18.5 Å². The maximum atomic E-state index is 12.4. The SMILES string of the molecule is CCc1ccc(S(=O)(=O)Nc2ccn(Cc3ccccn3)n2)cc1. The summed E-state index contributed by atoms with van der Waals surface area (Å²) in [6.45, 7) is 2.50. The zero-order chi connectivity index (χ0) is 17.0. The molecule has 3 rings (SSSR count). The number of aryl methyl sites for hydroxylation is 1. The number of pyridine rings is 1. The molecular weight excluding hydrogens is 324 g/mol. The summed E-state index contributed by atoms with van der Waals surface area (Å²) in [4.78, 5) is 4.44. The van der Waals surface area contributed by atoms with Crippen LogP contribution < -0.4 is 4.72 Å². The van der Waals surface area contributed by atoms with Crippen LogP contribution in [0.15, 0.2) is 65.8 Å². The quantitative estimate of drug-likeness (QED) is 0.747. The van der Waals surface area contributed by atoms with Crippen molar-refractivity contribution in [2.75, 3.05) is 4.72 Å². The monoisotopic (exact) mass is 342 g/mol. The molecule has 7 heteroatoms. The Bertz CT molecular complexity index is 903. The molecule has 0 fully saturated rings. The average molecular weight is 342 g/mol. The summed E-state index contributed by atoms with van der Waals surface area (Å²) in [5.41, 5.74) is 1.94. The molecule has 3 aromatic rings. The molecule has 0 saturated heterocycles. The lowest BCUT2D eigenvalue weighted by molar-refractivity contribution is 0.600. The van der Waals surface area contributed by atoms with Gasteiger partial charge in [0.15, 0.2) is 5.82 Å². The fourth-order valence-corrected chi connectivity index (χ4v) is 3.26. The lowest BCUT2D eigenvalue weighted by Gasteiger charge is -2.06. The first-order valence-electron chi connectivity index (χ1n) is 7.62. The molecule has 0 aliphatic rings. The molecule has 0 aliphatic heterocycles. The summed E-state index contributed by atoms with van der Waals surface area (Å²) in [7, 11) is -3.64. The van der Waals surface area contributed by atoms with E-state index >= 15 is 0 Å². The molecule has 0 saturated carbocycles. The first-order chi connectivity index (χ1) is 11.6. The van der Waals surface area contributed by atoms with Gasteiger partial charge in [-0.15, -0.1) is 0 Å². The third-order valence-electron chi connectivity index (χ3n) is 3.57. The summed E-state index contributed by atoms with van der Waals surface area (Å²) in [6.07, 6.45) is 4.29. The van der Waals surface area contributed by atoms with Crippen LogP contribution >= 0.6 is 0 Å². The van der Waals surface area contributed by atoms with E-state index in [2.05, 4.69) is 14.8 Å². The summed E-state index contributed by atoms with van der Waals surface area (Å²) in [6, 6.07) is 14.1. The van der Waals surface area contributed by atoms with Crippen LogP contribution in [0.5, 0.6) is 0 Å². The summed E-state index contributed by atoms with van der Waals surface area (Å²) in [5.74, 6) is 0.283. The van der Waals surface area contributed by atoms with Crippen LogP contribution in [0.25, 0.3) is 0 Å². The number of hydrogen-bond donors (Lipinski definition) is 1. The molecule has 0 atom stereocenters. The molecule has 0 bridgehead atoms. The van der Waals surface area contributed by atoms with E-state index in [1.807, 2.05) is 37.3 Å². The number of anilines is 1. The van der Waals surface area contributed by atoms with E-state index in [9.17, 15) is 8.42 Å². The van der Waals surface area contributed by atoms with Gasteiger partial charge in [0.25, 0.3) is 10.0 Å². The predicted molar refractivity (Wildman–Crippen MR) is 92.2 cm³/mol. The summed E-state index contributed by atoms with van der Waals surface area (Å²) >= 11 is 0. The molecule has 1 N–H and O–H groups in total. The van der Waals surface area contributed by atoms with Gasteiger partial charge in [0.2, 0.25) is 0 Å². The molecule has 2 heterocycles. The molecule has 0 spiro atoms. The molecule has 1 aromatic carbocycles. The van der Waals surface area contributed by atoms with E-state index in [0.29, 0.717) is 6.54 Å². The number of hydrogen-bond acceptors (Lipinski definition) is 4. The van der Waals surface area contributed by atoms with Crippen molar-refractivity contribution in [2.45, 2.75) is 24.8 Å². The third-order valence-corrected chi connectivity index (χ3v) is 4.94. The third kappa shape index (κ3) is 3.80. The highest BCUT2D eigenvalue weighted by Crippen LogP contribution is 2.15. The molecule has 0 radical (unpaired) electrons. The second-order valence-electron chi connectivity index (χ2n) is 5.32.